The number of anilines is 2. The minimum atomic E-state index is 0.606. The molecule has 0 aromatic heterocycles. The predicted octanol–water partition coefficient (Wildman–Crippen LogP) is 5.11. The molecule has 3 aromatic rings. The first-order chi connectivity index (χ1) is 14.7. The van der Waals surface area contributed by atoms with E-state index in [-0.39, 0.29) is 0 Å². The van der Waals surface area contributed by atoms with E-state index < -0.39 is 0 Å². The van der Waals surface area contributed by atoms with Crippen LogP contribution in [-0.2, 0) is 11.3 Å². The van der Waals surface area contributed by atoms with E-state index >= 15 is 0 Å². The normalized spacial score (nSPS) is 9.53. The zero-order valence-corrected chi connectivity index (χ0v) is 16.9. The van der Waals surface area contributed by atoms with Gasteiger partial charge in [0.1, 0.15) is 0 Å². The minimum absolute atomic E-state index is 0.606. The number of unbranched alkanes of at least 4 members (excludes halogenated alkanes) is 1. The van der Waals surface area contributed by atoms with Gasteiger partial charge in [-0.2, -0.15) is 10.5 Å². The van der Waals surface area contributed by atoms with E-state index in [0.717, 1.165) is 31.7 Å². The van der Waals surface area contributed by atoms with E-state index in [2.05, 4.69) is 23.5 Å². The first kappa shape index (κ1) is 22.5. The van der Waals surface area contributed by atoms with Gasteiger partial charge in [0, 0.05) is 24.5 Å². The van der Waals surface area contributed by atoms with Gasteiger partial charge >= 0.3 is 0 Å². The first-order valence-electron chi connectivity index (χ1n) is 9.82. The van der Waals surface area contributed by atoms with E-state index in [1.54, 1.807) is 24.3 Å². The average Bonchev–Trinajstić information content (AvgIpc) is 2.79. The van der Waals surface area contributed by atoms with Gasteiger partial charge in [-0.3, -0.25) is 0 Å². The summed E-state index contributed by atoms with van der Waals surface area (Å²) in [4.78, 5) is 0. The number of benzene rings is 3. The maximum absolute atomic E-state index is 8.83. The van der Waals surface area contributed by atoms with Crippen molar-refractivity contribution in [2.75, 3.05) is 24.2 Å². The highest BCUT2D eigenvalue weighted by atomic mass is 16.5. The van der Waals surface area contributed by atoms with Crippen molar-refractivity contribution in [2.24, 2.45) is 0 Å². The molecule has 0 fully saturated rings. The van der Waals surface area contributed by atoms with Crippen LogP contribution < -0.4 is 11.1 Å². The molecule has 0 amide bonds. The topological polar surface area (TPSA) is 94.9 Å². The Labute approximate surface area is 178 Å². The van der Waals surface area contributed by atoms with Crippen LogP contribution in [0.3, 0.4) is 0 Å². The Balaban J connectivity index is 0.000000297. The summed E-state index contributed by atoms with van der Waals surface area (Å²) in [5, 5.41) is 20.5. The van der Waals surface area contributed by atoms with Crippen molar-refractivity contribution in [3.63, 3.8) is 0 Å². The van der Waals surface area contributed by atoms with E-state index in [4.69, 9.17) is 21.0 Å². The molecule has 0 radical (unpaired) electrons. The second-order valence-corrected chi connectivity index (χ2v) is 6.60. The van der Waals surface area contributed by atoms with Crippen molar-refractivity contribution in [1.29, 1.82) is 10.5 Å². The quantitative estimate of drug-likeness (QED) is 0.406. The Morgan fingerprint density at radius 2 is 1.50 bits per heavy atom. The lowest BCUT2D eigenvalue weighted by molar-refractivity contribution is 0.118. The largest absolute Gasteiger partial charge is 0.399 e. The highest BCUT2D eigenvalue weighted by Gasteiger charge is 1.95. The summed E-state index contributed by atoms with van der Waals surface area (Å²) in [5.74, 6) is 0. The summed E-state index contributed by atoms with van der Waals surface area (Å²) in [5.41, 5.74) is 9.52. The van der Waals surface area contributed by atoms with Crippen molar-refractivity contribution in [2.45, 2.75) is 19.4 Å². The summed E-state index contributed by atoms with van der Waals surface area (Å²) in [7, 11) is 0. The van der Waals surface area contributed by atoms with Crippen molar-refractivity contribution in [3.8, 4) is 12.1 Å². The molecule has 0 saturated carbocycles. The molecule has 0 spiro atoms. The number of nitrogens with zero attached hydrogens (tertiary/aromatic N) is 2. The van der Waals surface area contributed by atoms with Crippen molar-refractivity contribution >= 4 is 11.4 Å². The molecule has 3 N–H and O–H groups in total. The second kappa shape index (κ2) is 13.4. The number of nitriles is 2. The fraction of sp³-hybridized carbons (Fsp3) is 0.200. The van der Waals surface area contributed by atoms with Crippen LogP contribution in [-0.4, -0.2) is 13.2 Å². The molecular formula is C25H26N4O. The molecule has 3 rings (SSSR count). The van der Waals surface area contributed by atoms with Gasteiger partial charge in [-0.1, -0.05) is 42.5 Å². The van der Waals surface area contributed by atoms with Crippen LogP contribution in [0.2, 0.25) is 0 Å². The van der Waals surface area contributed by atoms with Crippen molar-refractivity contribution in [1.82, 2.24) is 0 Å². The van der Waals surface area contributed by atoms with Crippen LogP contribution in [0, 0.1) is 22.7 Å². The Hall–Kier alpha value is -3.80. The zero-order chi connectivity index (χ0) is 21.4. The van der Waals surface area contributed by atoms with E-state index in [9.17, 15) is 0 Å². The number of ether oxygens (including phenoxy) is 1. The molecule has 0 bridgehead atoms. The molecule has 5 nitrogen and oxygen atoms in total. The third-order valence-electron chi connectivity index (χ3n) is 4.16. The monoisotopic (exact) mass is 398 g/mol. The van der Waals surface area contributed by atoms with E-state index in [1.165, 1.54) is 5.56 Å². The molecule has 3 aromatic carbocycles. The van der Waals surface area contributed by atoms with Gasteiger partial charge in [0.2, 0.25) is 0 Å². The third-order valence-corrected chi connectivity index (χ3v) is 4.16. The highest BCUT2D eigenvalue weighted by molar-refractivity contribution is 5.49. The van der Waals surface area contributed by atoms with Gasteiger partial charge in [0.25, 0.3) is 0 Å². The lowest BCUT2D eigenvalue weighted by Gasteiger charge is -2.07. The molecule has 0 aliphatic heterocycles. The Morgan fingerprint density at radius 3 is 2.17 bits per heavy atom. The van der Waals surface area contributed by atoms with Crippen LogP contribution >= 0.6 is 0 Å². The average molecular weight is 399 g/mol. The van der Waals surface area contributed by atoms with Gasteiger partial charge < -0.3 is 15.8 Å². The number of hydrogen-bond acceptors (Lipinski definition) is 5. The molecule has 0 heterocycles. The summed E-state index contributed by atoms with van der Waals surface area (Å²) in [6.45, 7) is 2.34. The Bertz CT molecular complexity index is 974. The van der Waals surface area contributed by atoms with Crippen molar-refractivity contribution < 1.29 is 4.74 Å². The Morgan fingerprint density at radius 1 is 0.800 bits per heavy atom. The van der Waals surface area contributed by atoms with Crippen molar-refractivity contribution in [3.05, 3.63) is 95.6 Å². The molecular weight excluding hydrogens is 372 g/mol. The number of nitrogens with one attached hydrogen (secondary N) is 1. The number of hydrogen-bond donors (Lipinski definition) is 2. The first-order valence-corrected chi connectivity index (χ1v) is 9.82. The van der Waals surface area contributed by atoms with Gasteiger partial charge in [-0.15, -0.1) is 0 Å². The highest BCUT2D eigenvalue weighted by Crippen LogP contribution is 2.10. The second-order valence-electron chi connectivity index (χ2n) is 6.60. The van der Waals surface area contributed by atoms with Crippen LogP contribution in [0.1, 0.15) is 29.5 Å². The van der Waals surface area contributed by atoms with Crippen LogP contribution in [0.5, 0.6) is 0 Å². The fourth-order valence-corrected chi connectivity index (χ4v) is 2.63. The molecule has 152 valence electrons. The zero-order valence-electron chi connectivity index (χ0n) is 16.9. The van der Waals surface area contributed by atoms with Gasteiger partial charge in [-0.25, -0.2) is 0 Å². The van der Waals surface area contributed by atoms with Crippen LogP contribution in [0.25, 0.3) is 0 Å². The minimum Gasteiger partial charge on any atom is -0.399 e. The van der Waals surface area contributed by atoms with Gasteiger partial charge in [0.05, 0.1) is 29.9 Å². The summed E-state index contributed by atoms with van der Waals surface area (Å²) in [6, 6.07) is 28.8. The molecule has 0 aliphatic rings. The SMILES string of the molecule is N#Cc1cccc(N)c1.N#Cc1cccc(NCCCCOCc2ccccc2)c1. The lowest BCUT2D eigenvalue weighted by Crippen LogP contribution is -2.03. The molecule has 30 heavy (non-hydrogen) atoms. The predicted molar refractivity (Wildman–Crippen MR) is 121 cm³/mol. The van der Waals surface area contributed by atoms with Crippen LogP contribution in [0.4, 0.5) is 11.4 Å². The van der Waals surface area contributed by atoms with E-state index in [1.807, 2.05) is 48.5 Å². The fourth-order valence-electron chi connectivity index (χ4n) is 2.63. The molecule has 0 aliphatic carbocycles. The maximum Gasteiger partial charge on any atom is 0.0992 e. The number of nitrogens with two attached hydrogens (primary N) is 1. The number of rotatable bonds is 8. The third kappa shape index (κ3) is 8.93. The Kier molecular flexibility index (Phi) is 10.0. The number of nitrogen functional groups attached to an aromatic ring is 1. The molecule has 5 heteroatoms. The lowest BCUT2D eigenvalue weighted by atomic mass is 10.2. The van der Waals surface area contributed by atoms with Crippen LogP contribution in [0.15, 0.2) is 78.9 Å². The summed E-state index contributed by atoms with van der Waals surface area (Å²) >= 11 is 0. The van der Waals surface area contributed by atoms with Gasteiger partial charge in [-0.05, 0) is 54.8 Å². The molecule has 0 saturated heterocycles. The molecule has 0 atom stereocenters. The summed E-state index contributed by atoms with van der Waals surface area (Å²) in [6.07, 6.45) is 2.07. The maximum atomic E-state index is 8.83. The standard InChI is InChI=1S/C18H20N2O.C7H6N2/c19-14-17-9-6-10-18(13-17)20-11-4-5-12-21-15-16-7-2-1-3-8-16;8-5-6-2-1-3-7(9)4-6/h1-3,6-10,13,20H,4-5,11-12,15H2;1-4H,9H2. The van der Waals surface area contributed by atoms with Gasteiger partial charge in [0.15, 0.2) is 0 Å². The smallest absolute Gasteiger partial charge is 0.0992 e. The molecule has 0 unspecified atom stereocenters. The summed E-state index contributed by atoms with van der Waals surface area (Å²) < 4.78 is 5.64. The van der Waals surface area contributed by atoms with E-state index in [0.29, 0.717) is 23.4 Å².